The molecule has 0 unspecified atom stereocenters. The van der Waals surface area contributed by atoms with Crippen LogP contribution in [0.1, 0.15) is 25.0 Å². The Morgan fingerprint density at radius 1 is 1.17 bits per heavy atom. The molecule has 158 valence electrons. The predicted octanol–water partition coefficient (Wildman–Crippen LogP) is 6.16. The van der Waals surface area contributed by atoms with Crippen LogP contribution in [-0.2, 0) is 11.3 Å². The normalized spacial score (nSPS) is 15.4. The van der Waals surface area contributed by atoms with Crippen LogP contribution in [0.15, 0.2) is 35.2 Å². The van der Waals surface area contributed by atoms with E-state index >= 15 is 0 Å². The Morgan fingerprint density at radius 2 is 1.90 bits per heavy atom. The van der Waals surface area contributed by atoms with Gasteiger partial charge < -0.3 is 9.47 Å². The van der Waals surface area contributed by atoms with E-state index in [4.69, 9.17) is 32.7 Å². The molecule has 1 aliphatic rings. The van der Waals surface area contributed by atoms with Crippen molar-refractivity contribution in [2.24, 2.45) is 0 Å². The van der Waals surface area contributed by atoms with Gasteiger partial charge in [0.05, 0.1) is 29.7 Å². The number of rotatable bonds is 6. The highest BCUT2D eigenvalue weighted by Crippen LogP contribution is 2.39. The van der Waals surface area contributed by atoms with Crippen LogP contribution in [0, 0.1) is 5.82 Å². The maximum absolute atomic E-state index is 13.2. The first-order valence-electron chi connectivity index (χ1n) is 8.93. The Bertz CT molecular complexity index is 1040. The molecule has 0 bridgehead atoms. The van der Waals surface area contributed by atoms with E-state index in [1.165, 1.54) is 19.2 Å². The van der Waals surface area contributed by atoms with Crippen molar-refractivity contribution in [2.45, 2.75) is 26.5 Å². The number of imide groups is 1. The topological polar surface area (TPSA) is 55.8 Å². The van der Waals surface area contributed by atoms with Crippen LogP contribution in [0.5, 0.6) is 11.5 Å². The van der Waals surface area contributed by atoms with Crippen molar-refractivity contribution in [1.29, 1.82) is 0 Å². The number of carbonyl (C=O) groups is 2. The van der Waals surface area contributed by atoms with E-state index in [1.54, 1.807) is 18.2 Å². The van der Waals surface area contributed by atoms with Gasteiger partial charge in [-0.1, -0.05) is 29.3 Å². The standard InChI is InChI=1S/C21H18Cl2FNO4S/c1-11(2)29-19-16(23)6-12(7-17(19)28-3)8-18-20(26)25(21(27)30-18)10-13-4-5-14(24)9-15(13)22/h4-9,11H,10H2,1-3H3/b18-8-. The van der Waals surface area contributed by atoms with Gasteiger partial charge in [0.1, 0.15) is 5.82 Å². The number of benzene rings is 2. The van der Waals surface area contributed by atoms with Gasteiger partial charge in [-0.15, -0.1) is 0 Å². The van der Waals surface area contributed by atoms with Crippen molar-refractivity contribution < 1.29 is 23.5 Å². The second-order valence-corrected chi connectivity index (χ2v) is 8.51. The molecule has 2 aromatic rings. The summed E-state index contributed by atoms with van der Waals surface area (Å²) in [7, 11) is 1.49. The molecule has 3 rings (SSSR count). The van der Waals surface area contributed by atoms with Gasteiger partial charge in [0.25, 0.3) is 11.1 Å². The number of methoxy groups -OCH3 is 1. The highest BCUT2D eigenvalue weighted by atomic mass is 35.5. The summed E-state index contributed by atoms with van der Waals surface area (Å²) in [5, 5.41) is 0.0337. The molecule has 1 aliphatic heterocycles. The molecule has 1 heterocycles. The highest BCUT2D eigenvalue weighted by molar-refractivity contribution is 8.18. The molecule has 0 spiro atoms. The lowest BCUT2D eigenvalue weighted by molar-refractivity contribution is -0.123. The molecule has 0 saturated carbocycles. The summed E-state index contributed by atoms with van der Waals surface area (Å²) in [5.74, 6) is -0.137. The summed E-state index contributed by atoms with van der Waals surface area (Å²) in [4.78, 5) is 26.4. The average Bonchev–Trinajstić information content (AvgIpc) is 2.92. The highest BCUT2D eigenvalue weighted by Gasteiger charge is 2.35. The number of ether oxygens (including phenoxy) is 2. The molecule has 0 aromatic heterocycles. The summed E-state index contributed by atoms with van der Waals surface area (Å²) in [6.45, 7) is 3.69. The number of hydrogen-bond acceptors (Lipinski definition) is 5. The number of amides is 2. The zero-order chi connectivity index (χ0) is 22.0. The number of nitrogens with zero attached hydrogens (tertiary/aromatic N) is 1. The lowest BCUT2D eigenvalue weighted by Crippen LogP contribution is -2.27. The van der Waals surface area contributed by atoms with E-state index in [0.29, 0.717) is 27.6 Å². The van der Waals surface area contributed by atoms with Crippen molar-refractivity contribution in [2.75, 3.05) is 7.11 Å². The van der Waals surface area contributed by atoms with Crippen LogP contribution in [0.4, 0.5) is 9.18 Å². The maximum Gasteiger partial charge on any atom is 0.293 e. The van der Waals surface area contributed by atoms with Gasteiger partial charge in [0, 0.05) is 5.02 Å². The molecule has 0 N–H and O–H groups in total. The summed E-state index contributed by atoms with van der Waals surface area (Å²) in [5.41, 5.74) is 1.06. The van der Waals surface area contributed by atoms with E-state index in [2.05, 4.69) is 0 Å². The van der Waals surface area contributed by atoms with E-state index in [9.17, 15) is 14.0 Å². The molecule has 1 fully saturated rings. The summed E-state index contributed by atoms with van der Waals surface area (Å²) >= 11 is 13.2. The Morgan fingerprint density at radius 3 is 2.53 bits per heavy atom. The summed E-state index contributed by atoms with van der Waals surface area (Å²) in [6.07, 6.45) is 1.46. The molecule has 30 heavy (non-hydrogen) atoms. The van der Waals surface area contributed by atoms with Crippen LogP contribution < -0.4 is 9.47 Å². The minimum Gasteiger partial charge on any atom is -0.493 e. The van der Waals surface area contributed by atoms with Crippen LogP contribution in [0.3, 0.4) is 0 Å². The van der Waals surface area contributed by atoms with Crippen molar-refractivity contribution in [3.8, 4) is 11.5 Å². The SMILES string of the molecule is COc1cc(/C=C2\SC(=O)N(Cc3ccc(F)cc3Cl)C2=O)cc(Cl)c1OC(C)C. The van der Waals surface area contributed by atoms with E-state index < -0.39 is 17.0 Å². The molecule has 0 radical (unpaired) electrons. The van der Waals surface area contributed by atoms with Gasteiger partial charge in [-0.25, -0.2) is 4.39 Å². The third-order valence-electron chi connectivity index (χ3n) is 4.12. The number of hydrogen-bond donors (Lipinski definition) is 0. The first-order valence-corrected chi connectivity index (χ1v) is 10.5. The fourth-order valence-corrected chi connectivity index (χ4v) is 4.11. The Hall–Kier alpha value is -2.22. The van der Waals surface area contributed by atoms with Crippen molar-refractivity contribution in [1.82, 2.24) is 4.90 Å². The predicted molar refractivity (Wildman–Crippen MR) is 117 cm³/mol. The van der Waals surface area contributed by atoms with Crippen LogP contribution in [0.25, 0.3) is 6.08 Å². The smallest absolute Gasteiger partial charge is 0.293 e. The minimum atomic E-state index is -0.492. The molecule has 0 aliphatic carbocycles. The third kappa shape index (κ3) is 4.91. The summed E-state index contributed by atoms with van der Waals surface area (Å²) < 4.78 is 24.3. The zero-order valence-electron chi connectivity index (χ0n) is 16.4. The van der Waals surface area contributed by atoms with E-state index in [-0.39, 0.29) is 22.6 Å². The molecule has 2 amide bonds. The molecule has 2 aromatic carbocycles. The van der Waals surface area contributed by atoms with Gasteiger partial charge in [0.2, 0.25) is 0 Å². The van der Waals surface area contributed by atoms with Gasteiger partial charge in [0.15, 0.2) is 11.5 Å². The number of halogens is 3. The van der Waals surface area contributed by atoms with Gasteiger partial charge in [-0.3, -0.25) is 14.5 Å². The third-order valence-corrected chi connectivity index (χ3v) is 5.66. The largest absolute Gasteiger partial charge is 0.493 e. The first-order chi connectivity index (χ1) is 14.2. The van der Waals surface area contributed by atoms with E-state index in [1.807, 2.05) is 13.8 Å². The molecule has 1 saturated heterocycles. The molecule has 5 nitrogen and oxygen atoms in total. The summed E-state index contributed by atoms with van der Waals surface area (Å²) in [6, 6.07) is 7.12. The lowest BCUT2D eigenvalue weighted by atomic mass is 10.1. The monoisotopic (exact) mass is 469 g/mol. The molecular weight excluding hydrogens is 452 g/mol. The van der Waals surface area contributed by atoms with E-state index in [0.717, 1.165) is 22.7 Å². The van der Waals surface area contributed by atoms with Crippen LogP contribution in [-0.4, -0.2) is 29.3 Å². The maximum atomic E-state index is 13.2. The second kappa shape index (κ2) is 9.29. The lowest BCUT2D eigenvalue weighted by Gasteiger charge is -2.16. The molecular formula is C21H18Cl2FNO4S. The molecule has 0 atom stereocenters. The van der Waals surface area contributed by atoms with Crippen molar-refractivity contribution >= 4 is 52.2 Å². The fourth-order valence-electron chi connectivity index (χ4n) is 2.78. The molecule has 9 heteroatoms. The zero-order valence-corrected chi connectivity index (χ0v) is 18.7. The Labute approximate surface area is 187 Å². The minimum absolute atomic E-state index is 0.0492. The Kier molecular flexibility index (Phi) is 6.95. The second-order valence-electron chi connectivity index (χ2n) is 6.70. The van der Waals surface area contributed by atoms with Crippen LogP contribution >= 0.6 is 35.0 Å². The van der Waals surface area contributed by atoms with Crippen molar-refractivity contribution in [3.05, 3.63) is 62.2 Å². The average molecular weight is 470 g/mol. The Balaban J connectivity index is 1.87. The number of thioether (sulfide) groups is 1. The van der Waals surface area contributed by atoms with Crippen LogP contribution in [0.2, 0.25) is 10.0 Å². The van der Waals surface area contributed by atoms with Gasteiger partial charge in [-0.2, -0.15) is 0 Å². The first kappa shape index (κ1) is 22.5. The quantitative estimate of drug-likeness (QED) is 0.473. The number of carbonyl (C=O) groups excluding carboxylic acids is 2. The van der Waals surface area contributed by atoms with Gasteiger partial charge in [-0.05, 0) is 67.1 Å². The van der Waals surface area contributed by atoms with Gasteiger partial charge >= 0.3 is 0 Å². The van der Waals surface area contributed by atoms with Crippen molar-refractivity contribution in [3.63, 3.8) is 0 Å². The fraction of sp³-hybridized carbons (Fsp3) is 0.238.